The summed E-state index contributed by atoms with van der Waals surface area (Å²) in [6.45, 7) is 3.00. The smallest absolute Gasteiger partial charge is 0.173 e. The predicted octanol–water partition coefficient (Wildman–Crippen LogP) is 3.84. The quantitative estimate of drug-likeness (QED) is 0.796. The lowest BCUT2D eigenvalue weighted by Crippen LogP contribution is -2.21. The van der Waals surface area contributed by atoms with E-state index in [1.807, 2.05) is 6.20 Å². The maximum absolute atomic E-state index is 13.7. The number of likely N-dealkylation sites (N-methyl/N-ethyl adjacent to an activating group) is 1. The molecule has 0 aliphatic carbocycles. The van der Waals surface area contributed by atoms with E-state index in [0.717, 1.165) is 24.9 Å². The van der Waals surface area contributed by atoms with Gasteiger partial charge in [0.2, 0.25) is 0 Å². The minimum atomic E-state index is -0.857. The average Bonchev–Trinajstić information content (AvgIpc) is 2.91. The van der Waals surface area contributed by atoms with Crippen LogP contribution in [0.5, 0.6) is 0 Å². The van der Waals surface area contributed by atoms with E-state index in [9.17, 15) is 8.78 Å². The van der Waals surface area contributed by atoms with Gasteiger partial charge in [0.1, 0.15) is 5.82 Å². The summed E-state index contributed by atoms with van der Waals surface area (Å²) in [5, 5.41) is 3.14. The summed E-state index contributed by atoms with van der Waals surface area (Å²) in [6, 6.07) is 2.60. The summed E-state index contributed by atoms with van der Waals surface area (Å²) >= 11 is 3.14. The Balaban J connectivity index is 2.28. The summed E-state index contributed by atoms with van der Waals surface area (Å²) in [4.78, 5) is 4.36. The fourth-order valence-electron chi connectivity index (χ4n) is 2.33. The van der Waals surface area contributed by atoms with Crippen molar-refractivity contribution >= 4 is 15.9 Å². The lowest BCUT2D eigenvalue weighted by atomic mass is 10.0. The molecule has 0 saturated carbocycles. The van der Waals surface area contributed by atoms with Crippen molar-refractivity contribution in [3.05, 3.63) is 52.0 Å². The predicted molar refractivity (Wildman–Crippen MR) is 82.1 cm³/mol. The van der Waals surface area contributed by atoms with Crippen LogP contribution in [0, 0.1) is 11.6 Å². The van der Waals surface area contributed by atoms with Crippen molar-refractivity contribution < 1.29 is 8.78 Å². The number of nitrogens with zero attached hydrogens (tertiary/aromatic N) is 2. The van der Waals surface area contributed by atoms with Crippen molar-refractivity contribution in [2.24, 2.45) is 0 Å². The molecule has 21 heavy (non-hydrogen) atoms. The number of hydrogen-bond donors (Lipinski definition) is 1. The lowest BCUT2D eigenvalue weighted by molar-refractivity contribution is 0.491. The van der Waals surface area contributed by atoms with E-state index in [2.05, 4.69) is 37.7 Å². The van der Waals surface area contributed by atoms with Crippen molar-refractivity contribution in [3.8, 4) is 0 Å². The molecule has 3 nitrogen and oxygen atoms in total. The number of rotatable bonds is 6. The molecule has 0 saturated heterocycles. The molecule has 114 valence electrons. The van der Waals surface area contributed by atoms with E-state index >= 15 is 0 Å². The van der Waals surface area contributed by atoms with Crippen LogP contribution in [0.3, 0.4) is 0 Å². The zero-order chi connectivity index (χ0) is 15.4. The molecule has 1 unspecified atom stereocenters. The molecule has 1 atom stereocenters. The third-order valence-electron chi connectivity index (χ3n) is 3.44. The first-order valence-electron chi connectivity index (χ1n) is 6.89. The first-order chi connectivity index (χ1) is 10.1. The van der Waals surface area contributed by atoms with E-state index in [4.69, 9.17) is 0 Å². The van der Waals surface area contributed by atoms with Gasteiger partial charge in [-0.05, 0) is 41.0 Å². The van der Waals surface area contributed by atoms with Crippen LogP contribution in [0.1, 0.15) is 30.8 Å². The van der Waals surface area contributed by atoms with Crippen LogP contribution in [-0.2, 0) is 13.0 Å². The van der Waals surface area contributed by atoms with Crippen LogP contribution in [0.15, 0.2) is 29.0 Å². The van der Waals surface area contributed by atoms with Crippen molar-refractivity contribution in [2.75, 3.05) is 7.05 Å². The van der Waals surface area contributed by atoms with Gasteiger partial charge in [-0.3, -0.25) is 0 Å². The van der Waals surface area contributed by atoms with Crippen LogP contribution in [0.4, 0.5) is 8.78 Å². The SMILES string of the molecule is CCCn1ccnc1CC(NC)c1ccc(F)c(F)c1Br. The lowest BCUT2D eigenvalue weighted by Gasteiger charge is -2.19. The van der Waals surface area contributed by atoms with Crippen LogP contribution in [-0.4, -0.2) is 16.6 Å². The minimum absolute atomic E-state index is 0.146. The molecule has 0 amide bonds. The summed E-state index contributed by atoms with van der Waals surface area (Å²) in [5.41, 5.74) is 0.683. The van der Waals surface area contributed by atoms with E-state index in [-0.39, 0.29) is 10.5 Å². The summed E-state index contributed by atoms with van der Waals surface area (Å²) in [5.74, 6) is -0.787. The number of aromatic nitrogens is 2. The number of hydrogen-bond acceptors (Lipinski definition) is 2. The number of benzene rings is 1. The standard InChI is InChI=1S/C15H18BrF2N3/c1-3-7-21-8-6-20-13(21)9-12(19-2)10-4-5-11(17)15(18)14(10)16/h4-6,8,12,19H,3,7,9H2,1-2H3. The van der Waals surface area contributed by atoms with E-state index < -0.39 is 11.6 Å². The molecule has 1 aromatic carbocycles. The normalized spacial score (nSPS) is 12.6. The highest BCUT2D eigenvalue weighted by Crippen LogP contribution is 2.29. The van der Waals surface area contributed by atoms with E-state index in [1.54, 1.807) is 19.3 Å². The number of nitrogens with one attached hydrogen (secondary N) is 1. The van der Waals surface area contributed by atoms with Gasteiger partial charge in [0.15, 0.2) is 11.6 Å². The molecule has 2 aromatic rings. The minimum Gasteiger partial charge on any atom is -0.335 e. The monoisotopic (exact) mass is 357 g/mol. The Kier molecular flexibility index (Phi) is 5.47. The largest absolute Gasteiger partial charge is 0.335 e. The molecule has 0 spiro atoms. The number of halogens is 3. The van der Waals surface area contributed by atoms with Crippen molar-refractivity contribution in [1.29, 1.82) is 0 Å². The highest BCUT2D eigenvalue weighted by Gasteiger charge is 2.20. The molecular formula is C15H18BrF2N3. The van der Waals surface area contributed by atoms with Gasteiger partial charge in [0, 0.05) is 31.4 Å². The zero-order valence-electron chi connectivity index (χ0n) is 12.0. The second-order valence-electron chi connectivity index (χ2n) is 4.85. The van der Waals surface area contributed by atoms with Gasteiger partial charge in [0.05, 0.1) is 4.47 Å². The fraction of sp³-hybridized carbons (Fsp3) is 0.400. The molecular weight excluding hydrogens is 340 g/mol. The zero-order valence-corrected chi connectivity index (χ0v) is 13.6. The number of imidazole rings is 1. The Morgan fingerprint density at radius 1 is 1.38 bits per heavy atom. The van der Waals surface area contributed by atoms with Gasteiger partial charge in [-0.25, -0.2) is 13.8 Å². The summed E-state index contributed by atoms with van der Waals surface area (Å²) in [7, 11) is 1.80. The van der Waals surface area contributed by atoms with Crippen LogP contribution < -0.4 is 5.32 Å². The van der Waals surface area contributed by atoms with E-state index in [1.165, 1.54) is 0 Å². The molecule has 1 N–H and O–H groups in total. The molecule has 0 bridgehead atoms. The molecule has 0 aliphatic rings. The second-order valence-corrected chi connectivity index (χ2v) is 5.64. The van der Waals surface area contributed by atoms with Gasteiger partial charge >= 0.3 is 0 Å². The first-order valence-corrected chi connectivity index (χ1v) is 7.68. The van der Waals surface area contributed by atoms with Crippen molar-refractivity contribution in [2.45, 2.75) is 32.4 Å². The Bertz CT molecular complexity index is 613. The average molecular weight is 358 g/mol. The molecule has 6 heteroatoms. The summed E-state index contributed by atoms with van der Waals surface area (Å²) in [6.07, 6.45) is 5.32. The third-order valence-corrected chi connectivity index (χ3v) is 4.25. The molecule has 0 aliphatic heterocycles. The highest BCUT2D eigenvalue weighted by atomic mass is 79.9. The Morgan fingerprint density at radius 3 is 2.81 bits per heavy atom. The maximum atomic E-state index is 13.7. The first kappa shape index (κ1) is 16.1. The molecule has 0 fully saturated rings. The molecule has 1 aromatic heterocycles. The molecule has 1 heterocycles. The molecule has 2 rings (SSSR count). The van der Waals surface area contributed by atoms with Gasteiger partial charge in [-0.2, -0.15) is 0 Å². The third kappa shape index (κ3) is 3.49. The Morgan fingerprint density at radius 2 is 2.14 bits per heavy atom. The second kappa shape index (κ2) is 7.13. The Labute approximate surface area is 131 Å². The van der Waals surface area contributed by atoms with Crippen LogP contribution >= 0.6 is 15.9 Å². The number of aryl methyl sites for hydroxylation is 1. The van der Waals surface area contributed by atoms with Gasteiger partial charge in [-0.1, -0.05) is 13.0 Å². The van der Waals surface area contributed by atoms with Gasteiger partial charge in [-0.15, -0.1) is 0 Å². The Hall–Kier alpha value is -1.27. The van der Waals surface area contributed by atoms with Crippen LogP contribution in [0.25, 0.3) is 0 Å². The van der Waals surface area contributed by atoms with Gasteiger partial charge in [0.25, 0.3) is 0 Å². The molecule has 0 radical (unpaired) electrons. The highest BCUT2D eigenvalue weighted by molar-refractivity contribution is 9.10. The topological polar surface area (TPSA) is 29.9 Å². The van der Waals surface area contributed by atoms with E-state index in [0.29, 0.717) is 12.0 Å². The van der Waals surface area contributed by atoms with Crippen molar-refractivity contribution in [3.63, 3.8) is 0 Å². The van der Waals surface area contributed by atoms with Crippen molar-refractivity contribution in [1.82, 2.24) is 14.9 Å². The summed E-state index contributed by atoms with van der Waals surface area (Å²) < 4.78 is 29.2. The van der Waals surface area contributed by atoms with Crippen LogP contribution in [0.2, 0.25) is 0 Å². The van der Waals surface area contributed by atoms with Gasteiger partial charge < -0.3 is 9.88 Å². The maximum Gasteiger partial charge on any atom is 0.173 e. The fourth-order valence-corrected chi connectivity index (χ4v) is 2.93.